The van der Waals surface area contributed by atoms with Crippen LogP contribution in [0.4, 0.5) is 34.1 Å². The Hall–Kier alpha value is -6.64. The number of benzene rings is 8. The van der Waals surface area contributed by atoms with Gasteiger partial charge in [0, 0.05) is 39.4 Å². The van der Waals surface area contributed by atoms with Crippen molar-refractivity contribution < 1.29 is 0 Å². The molecule has 2 aliphatic carbocycles. The van der Waals surface area contributed by atoms with Crippen molar-refractivity contribution in [2.45, 2.75) is 31.1 Å². The van der Waals surface area contributed by atoms with Crippen LogP contribution < -0.4 is 9.80 Å². The summed E-state index contributed by atoms with van der Waals surface area (Å²) in [6.45, 7) is 0. The van der Waals surface area contributed by atoms with Crippen molar-refractivity contribution in [2.75, 3.05) is 9.80 Å². The molecule has 8 aromatic rings. The fraction of sp³-hybridized carbons (Fsp3) is 0.0943. The van der Waals surface area contributed by atoms with Crippen LogP contribution in [-0.2, 0) is 18.3 Å². The van der Waals surface area contributed by atoms with E-state index in [1.165, 1.54) is 72.9 Å². The second-order valence-corrected chi connectivity index (χ2v) is 14.9. The first-order chi connectivity index (χ1) is 27.2. The van der Waals surface area contributed by atoms with E-state index in [-0.39, 0.29) is 5.41 Å². The molecular weight excluding hydrogens is 665 g/mol. The molecule has 1 spiro atoms. The van der Waals surface area contributed by atoms with Crippen molar-refractivity contribution in [1.29, 1.82) is 0 Å². The fourth-order valence-corrected chi connectivity index (χ4v) is 9.23. The lowest BCUT2D eigenvalue weighted by molar-refractivity contribution is 0.507. The summed E-state index contributed by atoms with van der Waals surface area (Å²) < 4.78 is 0. The largest absolute Gasteiger partial charge is 0.310 e. The zero-order chi connectivity index (χ0) is 36.6. The molecule has 0 saturated heterocycles. The number of hydrogen-bond donors (Lipinski definition) is 0. The Morgan fingerprint density at radius 2 is 0.745 bits per heavy atom. The van der Waals surface area contributed by atoms with Gasteiger partial charge in [-0.3, -0.25) is 0 Å². The maximum Gasteiger partial charge on any atom is 0.0540 e. The van der Waals surface area contributed by atoms with Gasteiger partial charge in [-0.1, -0.05) is 140 Å². The van der Waals surface area contributed by atoms with Gasteiger partial charge in [-0.2, -0.15) is 0 Å². The minimum absolute atomic E-state index is 0.0302. The first-order valence-corrected chi connectivity index (χ1v) is 19.5. The molecule has 0 N–H and O–H groups in total. The predicted molar refractivity (Wildman–Crippen MR) is 231 cm³/mol. The summed E-state index contributed by atoms with van der Waals surface area (Å²) >= 11 is 0. The molecule has 0 amide bonds. The Morgan fingerprint density at radius 3 is 1.31 bits per heavy atom. The van der Waals surface area contributed by atoms with E-state index in [1.54, 1.807) is 0 Å². The summed E-state index contributed by atoms with van der Waals surface area (Å²) in [5.74, 6) is 0. The van der Waals surface area contributed by atoms with E-state index in [9.17, 15) is 0 Å². The average Bonchev–Trinajstić information content (AvgIpc) is 3.83. The fourth-order valence-electron chi connectivity index (χ4n) is 9.23. The Morgan fingerprint density at radius 1 is 0.327 bits per heavy atom. The summed E-state index contributed by atoms with van der Waals surface area (Å²) in [5.41, 5.74) is 17.8. The van der Waals surface area contributed by atoms with Gasteiger partial charge in [-0.15, -0.1) is 0 Å². The van der Waals surface area contributed by atoms with E-state index in [0.717, 1.165) is 31.4 Å². The highest BCUT2D eigenvalue weighted by atomic mass is 15.1. The molecule has 55 heavy (non-hydrogen) atoms. The van der Waals surface area contributed by atoms with Crippen LogP contribution in [-0.4, -0.2) is 0 Å². The van der Waals surface area contributed by atoms with Gasteiger partial charge in [0.15, 0.2) is 0 Å². The summed E-state index contributed by atoms with van der Waals surface area (Å²) in [6, 6.07) is 75.5. The van der Waals surface area contributed by atoms with Crippen LogP contribution in [0.15, 0.2) is 206 Å². The van der Waals surface area contributed by atoms with Crippen LogP contribution in [0.3, 0.4) is 0 Å². The van der Waals surface area contributed by atoms with Gasteiger partial charge in [-0.25, -0.2) is 0 Å². The molecule has 0 bridgehead atoms. The molecule has 0 aliphatic heterocycles. The zero-order valence-corrected chi connectivity index (χ0v) is 30.9. The molecule has 0 saturated carbocycles. The van der Waals surface area contributed by atoms with Crippen LogP contribution in [0.1, 0.15) is 35.1 Å². The molecule has 8 aromatic carbocycles. The van der Waals surface area contributed by atoms with E-state index in [0.29, 0.717) is 0 Å². The van der Waals surface area contributed by atoms with Gasteiger partial charge in [0.05, 0.1) is 5.69 Å². The number of hydrogen-bond acceptors (Lipinski definition) is 2. The van der Waals surface area contributed by atoms with Gasteiger partial charge >= 0.3 is 0 Å². The number of fused-ring (bicyclic) bond motifs is 4. The highest BCUT2D eigenvalue weighted by molar-refractivity contribution is 5.89. The van der Waals surface area contributed by atoms with Crippen molar-refractivity contribution in [1.82, 2.24) is 0 Å². The Bertz CT molecular complexity index is 2540. The van der Waals surface area contributed by atoms with Crippen LogP contribution >= 0.6 is 0 Å². The normalized spacial score (nSPS) is 15.4. The van der Waals surface area contributed by atoms with Gasteiger partial charge in [0.25, 0.3) is 0 Å². The third-order valence-electron chi connectivity index (χ3n) is 11.9. The van der Waals surface area contributed by atoms with Crippen molar-refractivity contribution >= 4 is 34.1 Å². The molecule has 0 unspecified atom stereocenters. The van der Waals surface area contributed by atoms with Gasteiger partial charge < -0.3 is 9.80 Å². The Labute approximate surface area is 324 Å². The lowest BCUT2D eigenvalue weighted by Crippen LogP contribution is -2.22. The summed E-state index contributed by atoms with van der Waals surface area (Å²) in [6.07, 6.45) is 4.45. The lowest BCUT2D eigenvalue weighted by Gasteiger charge is -2.32. The van der Waals surface area contributed by atoms with E-state index in [2.05, 4.69) is 216 Å². The number of para-hydroxylation sites is 3. The maximum absolute atomic E-state index is 2.53. The van der Waals surface area contributed by atoms with E-state index >= 15 is 0 Å². The standard InChI is InChI=1S/C53H42N2/c1-5-15-39(16-6-1)40-25-29-46(30-26-40)55(52-24-14-13-23-49(52)41-17-7-2-8-18-41)48-32-28-43-34-36-53(51(43)38-48)35-33-42-27-31-47(37-50(42)53)54(44-19-9-3-10-20-44)45-21-11-4-12-22-45/h1-32,37-38H,33-36H2/t53-/m1/s1. The van der Waals surface area contributed by atoms with Crippen molar-refractivity contribution in [3.05, 3.63) is 229 Å². The van der Waals surface area contributed by atoms with E-state index in [1.807, 2.05) is 0 Å². The number of nitrogens with zero attached hydrogens (tertiary/aromatic N) is 2. The quantitative estimate of drug-likeness (QED) is 0.155. The van der Waals surface area contributed by atoms with Crippen LogP contribution in [0.2, 0.25) is 0 Å². The van der Waals surface area contributed by atoms with Gasteiger partial charge in [0.2, 0.25) is 0 Å². The highest BCUT2D eigenvalue weighted by Crippen LogP contribution is 2.55. The monoisotopic (exact) mass is 706 g/mol. The second-order valence-electron chi connectivity index (χ2n) is 14.9. The molecule has 0 heterocycles. The van der Waals surface area contributed by atoms with Crippen LogP contribution in [0, 0.1) is 0 Å². The lowest BCUT2D eigenvalue weighted by atomic mass is 9.76. The Balaban J connectivity index is 1.11. The topological polar surface area (TPSA) is 6.48 Å². The number of aryl methyl sites for hydroxylation is 2. The highest BCUT2D eigenvalue weighted by Gasteiger charge is 2.45. The molecular formula is C53H42N2. The minimum Gasteiger partial charge on any atom is -0.310 e. The van der Waals surface area contributed by atoms with Crippen molar-refractivity contribution in [3.8, 4) is 22.3 Å². The van der Waals surface area contributed by atoms with E-state index < -0.39 is 0 Å². The Kier molecular flexibility index (Phi) is 8.37. The predicted octanol–water partition coefficient (Wildman–Crippen LogP) is 14.1. The van der Waals surface area contributed by atoms with Gasteiger partial charge in [-0.05, 0) is 131 Å². The van der Waals surface area contributed by atoms with E-state index in [4.69, 9.17) is 0 Å². The summed E-state index contributed by atoms with van der Waals surface area (Å²) in [4.78, 5) is 4.88. The molecule has 2 nitrogen and oxygen atoms in total. The number of rotatable bonds is 8. The molecule has 2 heteroatoms. The first kappa shape index (κ1) is 33.0. The molecule has 264 valence electrons. The summed E-state index contributed by atoms with van der Waals surface area (Å²) in [7, 11) is 0. The van der Waals surface area contributed by atoms with Crippen molar-refractivity contribution in [3.63, 3.8) is 0 Å². The second kappa shape index (κ2) is 14.0. The molecule has 0 fully saturated rings. The SMILES string of the molecule is c1ccc(-c2ccc(N(c3ccc4c(c3)[C@]3(CCc5ccc(N(c6ccccc6)c6ccccc6)cc53)CC4)c3ccccc3-c3ccccc3)cc2)cc1. The molecule has 10 rings (SSSR count). The first-order valence-electron chi connectivity index (χ1n) is 19.5. The van der Waals surface area contributed by atoms with Crippen molar-refractivity contribution in [2.24, 2.45) is 0 Å². The smallest absolute Gasteiger partial charge is 0.0540 e. The van der Waals surface area contributed by atoms with Crippen LogP contribution in [0.5, 0.6) is 0 Å². The molecule has 2 aliphatic rings. The average molecular weight is 707 g/mol. The molecule has 1 atom stereocenters. The summed E-state index contributed by atoms with van der Waals surface area (Å²) in [5, 5.41) is 0. The zero-order valence-electron chi connectivity index (χ0n) is 30.9. The third-order valence-corrected chi connectivity index (χ3v) is 11.9. The molecule has 0 radical (unpaired) electrons. The van der Waals surface area contributed by atoms with Gasteiger partial charge in [0.1, 0.15) is 0 Å². The van der Waals surface area contributed by atoms with Crippen LogP contribution in [0.25, 0.3) is 22.3 Å². The molecule has 0 aromatic heterocycles. The third kappa shape index (κ3) is 5.91. The number of anilines is 6. The maximum atomic E-state index is 2.53. The minimum atomic E-state index is -0.0302.